The highest BCUT2D eigenvalue weighted by molar-refractivity contribution is 6.31. The van der Waals surface area contributed by atoms with Crippen molar-refractivity contribution in [3.05, 3.63) is 63.6 Å². The van der Waals surface area contributed by atoms with E-state index in [1.807, 2.05) is 19.3 Å². The van der Waals surface area contributed by atoms with Gasteiger partial charge in [-0.05, 0) is 31.2 Å². The van der Waals surface area contributed by atoms with Crippen LogP contribution in [0.2, 0.25) is 5.02 Å². The third-order valence-electron chi connectivity index (χ3n) is 3.36. The standard InChI is InChI=1S/C16H13ClN4O4/c1-10-8-20-6-2-3-14(16(20)18-10)25-9-15(22)19-12-5-4-11(17)7-13(12)21(23)24/h2-8H,9H2,1H3,(H,19,22). The lowest BCUT2D eigenvalue weighted by Gasteiger charge is -2.09. The summed E-state index contributed by atoms with van der Waals surface area (Å²) in [6.45, 7) is 1.54. The number of ether oxygens (including phenoxy) is 1. The van der Waals surface area contributed by atoms with Gasteiger partial charge in [0.05, 0.1) is 10.6 Å². The number of hydrogen-bond donors (Lipinski definition) is 1. The SMILES string of the molecule is Cc1cn2cccc(OCC(=O)Nc3ccc(Cl)cc3[N+](=O)[O-])c2n1. The molecule has 0 unspecified atom stereocenters. The highest BCUT2D eigenvalue weighted by atomic mass is 35.5. The first-order chi connectivity index (χ1) is 11.9. The number of carbonyl (C=O) groups is 1. The number of benzene rings is 1. The molecular weight excluding hydrogens is 348 g/mol. The second kappa shape index (κ2) is 6.78. The van der Waals surface area contributed by atoms with E-state index in [0.29, 0.717) is 11.4 Å². The Bertz CT molecular complexity index is 970. The summed E-state index contributed by atoms with van der Waals surface area (Å²) in [4.78, 5) is 26.8. The van der Waals surface area contributed by atoms with Crippen molar-refractivity contribution in [1.82, 2.24) is 9.38 Å². The maximum Gasteiger partial charge on any atom is 0.294 e. The van der Waals surface area contributed by atoms with Gasteiger partial charge in [-0.1, -0.05) is 11.6 Å². The summed E-state index contributed by atoms with van der Waals surface area (Å²) in [5.74, 6) is -0.0907. The number of halogens is 1. The lowest BCUT2D eigenvalue weighted by atomic mass is 10.2. The topological polar surface area (TPSA) is 98.8 Å². The Labute approximate surface area is 147 Å². The molecule has 8 nitrogen and oxygen atoms in total. The smallest absolute Gasteiger partial charge is 0.294 e. The Balaban J connectivity index is 1.72. The number of hydrogen-bond acceptors (Lipinski definition) is 5. The molecule has 0 atom stereocenters. The molecule has 0 saturated carbocycles. The van der Waals surface area contributed by atoms with E-state index in [-0.39, 0.29) is 23.0 Å². The van der Waals surface area contributed by atoms with Crippen molar-refractivity contribution in [2.45, 2.75) is 6.92 Å². The molecule has 3 rings (SSSR count). The third kappa shape index (κ3) is 3.69. The van der Waals surface area contributed by atoms with Crippen molar-refractivity contribution in [2.24, 2.45) is 0 Å². The largest absolute Gasteiger partial charge is 0.480 e. The number of nitrogens with zero attached hydrogens (tertiary/aromatic N) is 3. The highest BCUT2D eigenvalue weighted by Crippen LogP contribution is 2.27. The molecule has 0 spiro atoms. The van der Waals surface area contributed by atoms with Crippen molar-refractivity contribution in [3.63, 3.8) is 0 Å². The number of imidazole rings is 1. The molecule has 0 aliphatic carbocycles. The van der Waals surface area contributed by atoms with E-state index < -0.39 is 10.8 Å². The van der Waals surface area contributed by atoms with E-state index in [0.717, 1.165) is 5.69 Å². The molecule has 2 heterocycles. The van der Waals surface area contributed by atoms with Crippen LogP contribution in [-0.4, -0.2) is 26.8 Å². The van der Waals surface area contributed by atoms with E-state index in [4.69, 9.17) is 16.3 Å². The van der Waals surface area contributed by atoms with E-state index in [2.05, 4.69) is 10.3 Å². The lowest BCUT2D eigenvalue weighted by molar-refractivity contribution is -0.383. The summed E-state index contributed by atoms with van der Waals surface area (Å²) in [6.07, 6.45) is 3.65. The molecule has 9 heteroatoms. The highest BCUT2D eigenvalue weighted by Gasteiger charge is 2.17. The van der Waals surface area contributed by atoms with Crippen molar-refractivity contribution in [1.29, 1.82) is 0 Å². The van der Waals surface area contributed by atoms with Gasteiger partial charge in [0.2, 0.25) is 0 Å². The number of nitrogens with one attached hydrogen (secondary N) is 1. The molecule has 25 heavy (non-hydrogen) atoms. The number of rotatable bonds is 5. The zero-order valence-corrected chi connectivity index (χ0v) is 13.9. The average molecular weight is 361 g/mol. The van der Waals surface area contributed by atoms with Gasteiger partial charge in [0, 0.05) is 23.5 Å². The molecule has 128 valence electrons. The Morgan fingerprint density at radius 3 is 3.00 bits per heavy atom. The second-order valence-electron chi connectivity index (χ2n) is 5.24. The number of anilines is 1. The number of amides is 1. The second-order valence-corrected chi connectivity index (χ2v) is 5.68. The van der Waals surface area contributed by atoms with Crippen LogP contribution in [0.15, 0.2) is 42.7 Å². The maximum atomic E-state index is 12.1. The van der Waals surface area contributed by atoms with Gasteiger partial charge in [0.1, 0.15) is 5.69 Å². The van der Waals surface area contributed by atoms with Crippen LogP contribution < -0.4 is 10.1 Å². The summed E-state index contributed by atoms with van der Waals surface area (Å²) in [6, 6.07) is 7.47. The predicted octanol–water partition coefficient (Wildman–Crippen LogP) is 3.22. The van der Waals surface area contributed by atoms with E-state index in [1.165, 1.54) is 18.2 Å². The Kier molecular flexibility index (Phi) is 4.53. The minimum atomic E-state index is -0.615. The predicted molar refractivity (Wildman–Crippen MR) is 92.2 cm³/mol. The number of pyridine rings is 1. The first kappa shape index (κ1) is 16.7. The van der Waals surface area contributed by atoms with E-state index in [1.54, 1.807) is 16.5 Å². The number of nitro groups is 1. The van der Waals surface area contributed by atoms with Gasteiger partial charge in [0.25, 0.3) is 11.6 Å². The molecule has 0 bridgehead atoms. The molecule has 1 aromatic carbocycles. The third-order valence-corrected chi connectivity index (χ3v) is 3.59. The van der Waals surface area contributed by atoms with Crippen LogP contribution in [0, 0.1) is 17.0 Å². The van der Waals surface area contributed by atoms with E-state index in [9.17, 15) is 14.9 Å². The molecule has 2 aromatic heterocycles. The van der Waals surface area contributed by atoms with Gasteiger partial charge in [-0.15, -0.1) is 0 Å². The van der Waals surface area contributed by atoms with Crippen molar-refractivity contribution < 1.29 is 14.5 Å². The maximum absolute atomic E-state index is 12.1. The van der Waals surface area contributed by atoms with Gasteiger partial charge >= 0.3 is 0 Å². The lowest BCUT2D eigenvalue weighted by Crippen LogP contribution is -2.21. The number of carbonyl (C=O) groups excluding carboxylic acids is 1. The van der Waals surface area contributed by atoms with Crippen LogP contribution >= 0.6 is 11.6 Å². The van der Waals surface area contributed by atoms with Gasteiger partial charge < -0.3 is 14.5 Å². The van der Waals surface area contributed by atoms with Crippen LogP contribution in [0.5, 0.6) is 5.75 Å². The number of fused-ring (bicyclic) bond motifs is 1. The molecule has 0 aliphatic rings. The molecule has 1 amide bonds. The molecule has 0 aliphatic heterocycles. The summed E-state index contributed by atoms with van der Waals surface area (Å²) >= 11 is 5.75. The summed E-state index contributed by atoms with van der Waals surface area (Å²) in [5.41, 5.74) is 1.17. The zero-order valence-electron chi connectivity index (χ0n) is 13.1. The van der Waals surface area contributed by atoms with E-state index >= 15 is 0 Å². The van der Waals surface area contributed by atoms with Crippen molar-refractivity contribution in [3.8, 4) is 5.75 Å². The fourth-order valence-electron chi connectivity index (χ4n) is 2.31. The molecule has 3 aromatic rings. The van der Waals surface area contributed by atoms with Crippen LogP contribution in [0.25, 0.3) is 5.65 Å². The average Bonchev–Trinajstić information content (AvgIpc) is 2.95. The molecule has 0 fully saturated rings. The van der Waals surface area contributed by atoms with Crippen LogP contribution in [-0.2, 0) is 4.79 Å². The molecular formula is C16H13ClN4O4. The van der Waals surface area contributed by atoms with Gasteiger partial charge in [-0.2, -0.15) is 0 Å². The minimum absolute atomic E-state index is 0.0536. The number of aromatic nitrogens is 2. The Morgan fingerprint density at radius 2 is 2.24 bits per heavy atom. The van der Waals surface area contributed by atoms with Gasteiger partial charge in [-0.25, -0.2) is 4.98 Å². The first-order valence-electron chi connectivity index (χ1n) is 7.25. The van der Waals surface area contributed by atoms with Gasteiger partial charge in [0.15, 0.2) is 18.0 Å². The minimum Gasteiger partial charge on any atom is -0.480 e. The zero-order chi connectivity index (χ0) is 18.0. The Hall–Kier alpha value is -3.13. The molecule has 0 radical (unpaired) electrons. The Morgan fingerprint density at radius 1 is 1.44 bits per heavy atom. The van der Waals surface area contributed by atoms with Crippen LogP contribution in [0.3, 0.4) is 0 Å². The van der Waals surface area contributed by atoms with Crippen LogP contribution in [0.1, 0.15) is 5.69 Å². The quantitative estimate of drug-likeness (QED) is 0.556. The van der Waals surface area contributed by atoms with Crippen molar-refractivity contribution in [2.75, 3.05) is 11.9 Å². The van der Waals surface area contributed by atoms with Gasteiger partial charge in [-0.3, -0.25) is 14.9 Å². The summed E-state index contributed by atoms with van der Waals surface area (Å²) in [5, 5.41) is 13.7. The first-order valence-corrected chi connectivity index (χ1v) is 7.63. The fourth-order valence-corrected chi connectivity index (χ4v) is 2.48. The molecule has 0 saturated heterocycles. The van der Waals surface area contributed by atoms with Crippen LogP contribution in [0.4, 0.5) is 11.4 Å². The monoisotopic (exact) mass is 360 g/mol. The number of aryl methyl sites for hydroxylation is 1. The normalized spacial score (nSPS) is 10.6. The van der Waals surface area contributed by atoms with Crippen molar-refractivity contribution >= 4 is 34.5 Å². The molecule has 1 N–H and O–H groups in total. The fraction of sp³-hybridized carbons (Fsp3) is 0.125. The summed E-state index contributed by atoms with van der Waals surface area (Å²) in [7, 11) is 0. The summed E-state index contributed by atoms with van der Waals surface area (Å²) < 4.78 is 7.28. The number of nitro benzene ring substituents is 1.